The van der Waals surface area contributed by atoms with Crippen molar-refractivity contribution in [2.24, 2.45) is 0 Å². The van der Waals surface area contributed by atoms with Gasteiger partial charge in [-0.2, -0.15) is 11.8 Å². The Morgan fingerprint density at radius 3 is 2.60 bits per heavy atom. The summed E-state index contributed by atoms with van der Waals surface area (Å²) in [7, 11) is -3.57. The largest absolute Gasteiger partial charge is 0.325 e. The number of amides is 1. The first-order valence-corrected chi connectivity index (χ1v) is 12.2. The van der Waals surface area contributed by atoms with Gasteiger partial charge in [-0.15, -0.1) is 11.8 Å². The molecule has 1 aromatic rings. The van der Waals surface area contributed by atoms with E-state index in [1.54, 1.807) is 12.1 Å². The molecule has 1 aliphatic carbocycles. The zero-order valence-corrected chi connectivity index (χ0v) is 17.2. The topological polar surface area (TPSA) is 75.3 Å². The third kappa shape index (κ3) is 6.51. The second kappa shape index (κ2) is 9.85. The maximum atomic E-state index is 12.5. The predicted octanol–water partition coefficient (Wildman–Crippen LogP) is 3.71. The van der Waals surface area contributed by atoms with Crippen molar-refractivity contribution >= 4 is 45.1 Å². The third-order valence-electron chi connectivity index (χ3n) is 4.09. The minimum atomic E-state index is -3.57. The maximum Gasteiger partial charge on any atom is 0.240 e. The number of benzene rings is 1. The number of carbonyl (C=O) groups is 1. The molecule has 1 fully saturated rings. The van der Waals surface area contributed by atoms with E-state index < -0.39 is 10.0 Å². The number of sulfonamides is 1. The Morgan fingerprint density at radius 1 is 1.24 bits per heavy atom. The summed E-state index contributed by atoms with van der Waals surface area (Å²) in [5.74, 6) is 0.562. The fourth-order valence-electron chi connectivity index (χ4n) is 2.86. The van der Waals surface area contributed by atoms with Crippen LogP contribution in [0.2, 0.25) is 0 Å². The van der Waals surface area contributed by atoms with Crippen molar-refractivity contribution in [3.63, 3.8) is 0 Å². The van der Waals surface area contributed by atoms with Gasteiger partial charge in [0, 0.05) is 29.4 Å². The lowest BCUT2D eigenvalue weighted by molar-refractivity contribution is -0.114. The summed E-state index contributed by atoms with van der Waals surface area (Å²) in [6, 6.07) is 4.82. The molecule has 0 spiro atoms. The molecular weight excluding hydrogens is 376 g/mol. The zero-order valence-electron chi connectivity index (χ0n) is 14.7. The third-order valence-corrected chi connectivity index (χ3v) is 7.73. The standard InChI is InChI=1S/C17H26N2O3S3/c1-13(20)19-16-12-15(8-9-17(16)23-2)25(21,22)18-10-11-24-14-6-4-3-5-7-14/h8-9,12,14,18H,3-7,10-11H2,1-2H3,(H,19,20). The number of thioether (sulfide) groups is 2. The first-order chi connectivity index (χ1) is 11.9. The highest BCUT2D eigenvalue weighted by Crippen LogP contribution is 2.29. The quantitative estimate of drug-likeness (QED) is 0.512. The van der Waals surface area contributed by atoms with Crippen LogP contribution >= 0.6 is 23.5 Å². The van der Waals surface area contributed by atoms with Crippen LogP contribution in [0.15, 0.2) is 28.0 Å². The lowest BCUT2D eigenvalue weighted by Gasteiger charge is -2.20. The van der Waals surface area contributed by atoms with Crippen LogP contribution in [-0.4, -0.2) is 38.1 Å². The molecule has 0 radical (unpaired) electrons. The van der Waals surface area contributed by atoms with E-state index in [2.05, 4.69) is 10.0 Å². The molecular formula is C17H26N2O3S3. The molecule has 0 heterocycles. The summed E-state index contributed by atoms with van der Waals surface area (Å²) < 4.78 is 27.6. The number of hydrogen-bond donors (Lipinski definition) is 2. The second-order valence-electron chi connectivity index (χ2n) is 6.07. The van der Waals surface area contributed by atoms with Gasteiger partial charge in [0.15, 0.2) is 0 Å². The second-order valence-corrected chi connectivity index (χ2v) is 10.1. The summed E-state index contributed by atoms with van der Waals surface area (Å²) in [5.41, 5.74) is 0.527. The van der Waals surface area contributed by atoms with Crippen molar-refractivity contribution < 1.29 is 13.2 Å². The number of carbonyl (C=O) groups excluding carboxylic acids is 1. The molecule has 1 amide bonds. The highest BCUT2D eigenvalue weighted by molar-refractivity contribution is 8.00. The van der Waals surface area contributed by atoms with Crippen LogP contribution in [0.4, 0.5) is 5.69 Å². The SMILES string of the molecule is CSc1ccc(S(=O)(=O)NCCSC2CCCCC2)cc1NC(C)=O. The molecule has 0 aliphatic heterocycles. The van der Waals surface area contributed by atoms with Gasteiger partial charge in [-0.25, -0.2) is 13.1 Å². The van der Waals surface area contributed by atoms with E-state index in [4.69, 9.17) is 0 Å². The van der Waals surface area contributed by atoms with Crippen LogP contribution in [0.3, 0.4) is 0 Å². The Labute approximate surface area is 159 Å². The lowest BCUT2D eigenvalue weighted by Crippen LogP contribution is -2.27. The monoisotopic (exact) mass is 402 g/mol. The van der Waals surface area contributed by atoms with E-state index in [1.807, 2.05) is 18.0 Å². The Kier molecular flexibility index (Phi) is 8.12. The average molecular weight is 403 g/mol. The summed E-state index contributed by atoms with van der Waals surface area (Å²) in [6.07, 6.45) is 8.28. The van der Waals surface area contributed by atoms with Gasteiger partial charge in [0.1, 0.15) is 0 Å². The van der Waals surface area contributed by atoms with E-state index >= 15 is 0 Å². The van der Waals surface area contributed by atoms with Crippen molar-refractivity contribution in [3.05, 3.63) is 18.2 Å². The zero-order chi connectivity index (χ0) is 18.3. The maximum absolute atomic E-state index is 12.5. The lowest BCUT2D eigenvalue weighted by atomic mass is 10.0. The molecule has 25 heavy (non-hydrogen) atoms. The highest BCUT2D eigenvalue weighted by atomic mass is 32.2. The van der Waals surface area contributed by atoms with Crippen LogP contribution in [0.5, 0.6) is 0 Å². The molecule has 8 heteroatoms. The Balaban J connectivity index is 1.94. The fourth-order valence-corrected chi connectivity index (χ4v) is 5.80. The molecule has 0 saturated heterocycles. The highest BCUT2D eigenvalue weighted by Gasteiger charge is 2.17. The predicted molar refractivity (Wildman–Crippen MR) is 107 cm³/mol. The van der Waals surface area contributed by atoms with E-state index in [-0.39, 0.29) is 10.8 Å². The molecule has 1 saturated carbocycles. The van der Waals surface area contributed by atoms with Gasteiger partial charge in [-0.3, -0.25) is 4.79 Å². The van der Waals surface area contributed by atoms with E-state index in [1.165, 1.54) is 56.9 Å². The average Bonchev–Trinajstić information content (AvgIpc) is 2.59. The molecule has 5 nitrogen and oxygen atoms in total. The van der Waals surface area contributed by atoms with Crippen LogP contribution in [0.1, 0.15) is 39.0 Å². The fraction of sp³-hybridized carbons (Fsp3) is 0.588. The molecule has 140 valence electrons. The molecule has 0 unspecified atom stereocenters. The Bertz CT molecular complexity index is 686. The van der Waals surface area contributed by atoms with Gasteiger partial charge in [0.05, 0.1) is 10.6 Å². The van der Waals surface area contributed by atoms with Crippen molar-refractivity contribution in [3.8, 4) is 0 Å². The van der Waals surface area contributed by atoms with Gasteiger partial charge < -0.3 is 5.32 Å². The summed E-state index contributed by atoms with van der Waals surface area (Å²) in [6.45, 7) is 1.83. The van der Waals surface area contributed by atoms with E-state index in [0.29, 0.717) is 17.5 Å². The minimum Gasteiger partial charge on any atom is -0.325 e. The van der Waals surface area contributed by atoms with Gasteiger partial charge in [0.25, 0.3) is 0 Å². The van der Waals surface area contributed by atoms with Crippen molar-refractivity contribution in [2.75, 3.05) is 23.9 Å². The first kappa shape index (κ1) is 20.6. The van der Waals surface area contributed by atoms with E-state index in [0.717, 1.165) is 10.6 Å². The number of hydrogen-bond acceptors (Lipinski definition) is 5. The van der Waals surface area contributed by atoms with Gasteiger partial charge >= 0.3 is 0 Å². The van der Waals surface area contributed by atoms with Crippen molar-refractivity contribution in [1.29, 1.82) is 0 Å². The number of rotatable bonds is 8. The van der Waals surface area contributed by atoms with Crippen molar-refractivity contribution in [1.82, 2.24) is 4.72 Å². The van der Waals surface area contributed by atoms with Crippen LogP contribution < -0.4 is 10.0 Å². The van der Waals surface area contributed by atoms with Gasteiger partial charge in [0.2, 0.25) is 15.9 Å². The van der Waals surface area contributed by atoms with Crippen LogP contribution in [0.25, 0.3) is 0 Å². The van der Waals surface area contributed by atoms with Crippen LogP contribution in [0, 0.1) is 0 Å². The molecule has 0 atom stereocenters. The minimum absolute atomic E-state index is 0.178. The van der Waals surface area contributed by atoms with Crippen LogP contribution in [-0.2, 0) is 14.8 Å². The van der Waals surface area contributed by atoms with Gasteiger partial charge in [-0.1, -0.05) is 19.3 Å². The summed E-state index contributed by atoms with van der Waals surface area (Å²) in [5, 5.41) is 3.36. The summed E-state index contributed by atoms with van der Waals surface area (Å²) in [4.78, 5) is 12.3. The summed E-state index contributed by atoms with van der Waals surface area (Å²) >= 11 is 3.32. The number of nitrogens with one attached hydrogen (secondary N) is 2. The van der Waals surface area contributed by atoms with Gasteiger partial charge in [-0.05, 0) is 37.3 Å². The number of anilines is 1. The Morgan fingerprint density at radius 2 is 1.96 bits per heavy atom. The molecule has 1 aliphatic rings. The smallest absolute Gasteiger partial charge is 0.240 e. The normalized spacial score (nSPS) is 15.9. The molecule has 2 rings (SSSR count). The molecule has 0 bridgehead atoms. The van der Waals surface area contributed by atoms with Crippen molar-refractivity contribution in [2.45, 2.75) is 54.1 Å². The molecule has 0 aromatic heterocycles. The molecule has 1 aromatic carbocycles. The Hall–Kier alpha value is -0.700. The van der Waals surface area contributed by atoms with E-state index in [9.17, 15) is 13.2 Å². The first-order valence-electron chi connectivity index (χ1n) is 8.49. The molecule has 2 N–H and O–H groups in total.